The third-order valence-corrected chi connectivity index (χ3v) is 8.27. The average Bonchev–Trinajstić information content (AvgIpc) is 2.84. The van der Waals surface area contributed by atoms with Crippen LogP contribution in [0.15, 0.2) is 41.3 Å². The van der Waals surface area contributed by atoms with Gasteiger partial charge < -0.3 is 15.0 Å². The maximum atomic E-state index is 13.3. The molecule has 2 aromatic carbocycles. The molecule has 8 nitrogen and oxygen atoms in total. The highest BCUT2D eigenvalue weighted by Gasteiger charge is 2.30. The van der Waals surface area contributed by atoms with E-state index < -0.39 is 16.1 Å². The number of piperidine rings is 1. The van der Waals surface area contributed by atoms with Gasteiger partial charge in [0.05, 0.1) is 12.0 Å². The zero-order valence-electron chi connectivity index (χ0n) is 19.6. The number of fused-ring (bicyclic) bond motifs is 1. The monoisotopic (exact) mass is 485 g/mol. The largest absolute Gasteiger partial charge is 0.453 e. The minimum absolute atomic E-state index is 0.197. The summed E-state index contributed by atoms with van der Waals surface area (Å²) in [5, 5.41) is 3.00. The van der Waals surface area contributed by atoms with Crippen molar-refractivity contribution in [3.8, 4) is 0 Å². The number of rotatable bonds is 5. The number of methoxy groups -OCH3 is 1. The van der Waals surface area contributed by atoms with E-state index in [2.05, 4.69) is 10.0 Å². The van der Waals surface area contributed by atoms with E-state index in [1.807, 2.05) is 25.1 Å². The number of amides is 2. The SMILES string of the molecule is COC(=O)N1CCC(NS(=O)(=O)c2ccc(NC(=O)c3ccccc3C)c3c2CCCC3)CC1. The summed E-state index contributed by atoms with van der Waals surface area (Å²) in [5.41, 5.74) is 3.84. The number of carbonyl (C=O) groups excluding carboxylic acids is 2. The van der Waals surface area contributed by atoms with E-state index >= 15 is 0 Å². The van der Waals surface area contributed by atoms with Crippen molar-refractivity contribution >= 4 is 27.7 Å². The Bertz CT molecular complexity index is 1190. The molecule has 2 amide bonds. The summed E-state index contributed by atoms with van der Waals surface area (Å²) in [7, 11) is -2.41. The van der Waals surface area contributed by atoms with Crippen LogP contribution >= 0.6 is 0 Å². The van der Waals surface area contributed by atoms with Gasteiger partial charge in [-0.25, -0.2) is 17.9 Å². The highest BCUT2D eigenvalue weighted by atomic mass is 32.2. The van der Waals surface area contributed by atoms with Crippen molar-refractivity contribution in [2.45, 2.75) is 56.4 Å². The van der Waals surface area contributed by atoms with Crippen molar-refractivity contribution in [3.63, 3.8) is 0 Å². The summed E-state index contributed by atoms with van der Waals surface area (Å²) in [6, 6.07) is 10.4. The summed E-state index contributed by atoms with van der Waals surface area (Å²) in [4.78, 5) is 26.4. The number of nitrogens with one attached hydrogen (secondary N) is 2. The van der Waals surface area contributed by atoms with Crippen LogP contribution in [0.4, 0.5) is 10.5 Å². The molecule has 1 fully saturated rings. The average molecular weight is 486 g/mol. The van der Waals surface area contributed by atoms with Crippen molar-refractivity contribution in [3.05, 3.63) is 58.7 Å². The number of sulfonamides is 1. The Morgan fingerprint density at radius 2 is 1.68 bits per heavy atom. The lowest BCUT2D eigenvalue weighted by molar-refractivity contribution is 0.102. The van der Waals surface area contributed by atoms with E-state index in [-0.39, 0.29) is 16.8 Å². The van der Waals surface area contributed by atoms with Gasteiger partial charge in [-0.3, -0.25) is 4.79 Å². The Morgan fingerprint density at radius 3 is 2.35 bits per heavy atom. The number of anilines is 1. The highest BCUT2D eigenvalue weighted by Crippen LogP contribution is 2.34. The van der Waals surface area contributed by atoms with Gasteiger partial charge in [0.15, 0.2) is 0 Å². The molecule has 2 aliphatic rings. The van der Waals surface area contributed by atoms with E-state index in [4.69, 9.17) is 4.74 Å². The molecule has 0 unspecified atom stereocenters. The lowest BCUT2D eigenvalue weighted by atomic mass is 9.90. The molecular formula is C25H31N3O5S. The van der Waals surface area contributed by atoms with Crippen LogP contribution < -0.4 is 10.0 Å². The van der Waals surface area contributed by atoms with Crippen molar-refractivity contribution in [1.82, 2.24) is 9.62 Å². The molecule has 0 radical (unpaired) electrons. The molecule has 0 aromatic heterocycles. The van der Waals surface area contributed by atoms with Gasteiger partial charge in [0.2, 0.25) is 10.0 Å². The maximum Gasteiger partial charge on any atom is 0.409 e. The number of hydrogen-bond donors (Lipinski definition) is 2. The molecule has 1 saturated heterocycles. The Hall–Kier alpha value is -2.91. The summed E-state index contributed by atoms with van der Waals surface area (Å²) in [6.45, 7) is 2.78. The Balaban J connectivity index is 1.54. The third-order valence-electron chi connectivity index (χ3n) is 6.67. The number of likely N-dealkylation sites (tertiary alicyclic amines) is 1. The fourth-order valence-corrected chi connectivity index (χ4v) is 6.41. The van der Waals surface area contributed by atoms with Crippen LogP contribution in [0, 0.1) is 6.92 Å². The normalized spacial score (nSPS) is 16.6. The number of aryl methyl sites for hydroxylation is 1. The number of carbonyl (C=O) groups is 2. The van der Waals surface area contributed by atoms with E-state index in [1.165, 1.54) is 7.11 Å². The molecular weight excluding hydrogens is 454 g/mol. The predicted molar refractivity (Wildman–Crippen MR) is 130 cm³/mol. The van der Waals surface area contributed by atoms with Crippen LogP contribution in [-0.2, 0) is 27.6 Å². The van der Waals surface area contributed by atoms with Gasteiger partial charge in [0, 0.05) is 30.4 Å². The second-order valence-corrected chi connectivity index (χ2v) is 10.6. The van der Waals surface area contributed by atoms with Crippen LogP contribution in [0.25, 0.3) is 0 Å². The van der Waals surface area contributed by atoms with Crippen LogP contribution in [0.2, 0.25) is 0 Å². The molecule has 9 heteroatoms. The maximum absolute atomic E-state index is 13.3. The van der Waals surface area contributed by atoms with Gasteiger partial charge in [0.1, 0.15) is 0 Å². The highest BCUT2D eigenvalue weighted by molar-refractivity contribution is 7.89. The topological polar surface area (TPSA) is 105 Å². The molecule has 4 rings (SSSR count). The fraction of sp³-hybridized carbons (Fsp3) is 0.440. The molecule has 34 heavy (non-hydrogen) atoms. The van der Waals surface area contributed by atoms with Crippen molar-refractivity contribution in [2.24, 2.45) is 0 Å². The van der Waals surface area contributed by atoms with Crippen LogP contribution in [-0.4, -0.2) is 51.6 Å². The lowest BCUT2D eigenvalue weighted by Crippen LogP contribution is -2.46. The van der Waals surface area contributed by atoms with Gasteiger partial charge in [0.25, 0.3) is 5.91 Å². The zero-order valence-corrected chi connectivity index (χ0v) is 20.4. The Labute approximate surface area is 200 Å². The molecule has 1 aliphatic carbocycles. The first-order valence-corrected chi connectivity index (χ1v) is 13.2. The van der Waals surface area contributed by atoms with Gasteiger partial charge >= 0.3 is 6.09 Å². The predicted octanol–water partition coefficient (Wildman–Crippen LogP) is 3.64. The van der Waals surface area contributed by atoms with Crippen LogP contribution in [0.3, 0.4) is 0 Å². The number of benzene rings is 2. The van der Waals surface area contributed by atoms with Crippen LogP contribution in [0.1, 0.15) is 52.7 Å². The van der Waals surface area contributed by atoms with Gasteiger partial charge in [-0.2, -0.15) is 0 Å². The molecule has 0 bridgehead atoms. The van der Waals surface area contributed by atoms with E-state index in [0.717, 1.165) is 36.0 Å². The molecule has 2 aromatic rings. The lowest BCUT2D eigenvalue weighted by Gasteiger charge is -2.31. The van der Waals surface area contributed by atoms with Crippen molar-refractivity contribution in [2.75, 3.05) is 25.5 Å². The molecule has 1 aliphatic heterocycles. The molecule has 0 spiro atoms. The quantitative estimate of drug-likeness (QED) is 0.673. The van der Waals surface area contributed by atoms with Crippen molar-refractivity contribution in [1.29, 1.82) is 0 Å². The third kappa shape index (κ3) is 5.10. The number of hydrogen-bond acceptors (Lipinski definition) is 5. The van der Waals surface area contributed by atoms with Gasteiger partial charge in [-0.15, -0.1) is 0 Å². The Morgan fingerprint density at radius 1 is 1.00 bits per heavy atom. The summed E-state index contributed by atoms with van der Waals surface area (Å²) < 4.78 is 34.3. The second kappa shape index (κ2) is 10.1. The smallest absolute Gasteiger partial charge is 0.409 e. The second-order valence-electron chi connectivity index (χ2n) is 8.90. The van der Waals surface area contributed by atoms with Crippen molar-refractivity contribution < 1.29 is 22.7 Å². The first-order chi connectivity index (χ1) is 16.3. The first kappa shape index (κ1) is 24.2. The van der Waals surface area contributed by atoms with E-state index in [0.29, 0.717) is 43.6 Å². The van der Waals surface area contributed by atoms with Gasteiger partial charge in [-0.05, 0) is 80.3 Å². The molecule has 182 valence electrons. The molecule has 0 saturated carbocycles. The van der Waals surface area contributed by atoms with E-state index in [1.54, 1.807) is 23.1 Å². The van der Waals surface area contributed by atoms with E-state index in [9.17, 15) is 18.0 Å². The number of nitrogens with zero attached hydrogens (tertiary/aromatic N) is 1. The standard InChI is InChI=1S/C25H31N3O5S/c1-17-7-3-4-8-19(17)24(29)26-22-11-12-23(21-10-6-5-9-20(21)22)34(31,32)27-18-13-15-28(16-14-18)25(30)33-2/h3-4,7-8,11-12,18,27H,5-6,9-10,13-16H2,1-2H3,(H,26,29). The number of ether oxygens (including phenoxy) is 1. The minimum atomic E-state index is -3.75. The summed E-state index contributed by atoms with van der Waals surface area (Å²) in [6.07, 6.45) is 3.90. The summed E-state index contributed by atoms with van der Waals surface area (Å²) >= 11 is 0. The van der Waals surface area contributed by atoms with Gasteiger partial charge in [-0.1, -0.05) is 18.2 Å². The first-order valence-electron chi connectivity index (χ1n) is 11.7. The Kier molecular flexibility index (Phi) is 7.23. The minimum Gasteiger partial charge on any atom is -0.453 e. The molecule has 0 atom stereocenters. The molecule has 1 heterocycles. The fourth-order valence-electron chi connectivity index (χ4n) is 4.81. The summed E-state index contributed by atoms with van der Waals surface area (Å²) in [5.74, 6) is -0.197. The zero-order chi connectivity index (χ0) is 24.3. The van der Waals surface area contributed by atoms with Crippen LogP contribution in [0.5, 0.6) is 0 Å². The molecule has 2 N–H and O–H groups in total.